The van der Waals surface area contributed by atoms with Crippen LogP contribution in [0.4, 0.5) is 0 Å². The lowest BCUT2D eigenvalue weighted by molar-refractivity contribution is -0.132. The van der Waals surface area contributed by atoms with E-state index in [2.05, 4.69) is 6.92 Å². The van der Waals surface area contributed by atoms with Crippen LogP contribution >= 0.6 is 0 Å². The van der Waals surface area contributed by atoms with Crippen LogP contribution in [-0.4, -0.2) is 31.1 Å². The molecular weight excluding hydrogens is 282 g/mol. The largest absolute Gasteiger partial charge is 0.494 e. The third-order valence-electron chi connectivity index (χ3n) is 3.06. The molecule has 2 rings (SSSR count). The predicted octanol–water partition coefficient (Wildman–Crippen LogP) is 3.11. The van der Waals surface area contributed by atoms with Gasteiger partial charge in [0.2, 0.25) is 0 Å². The van der Waals surface area contributed by atoms with Gasteiger partial charge in [0.15, 0.2) is 6.61 Å². The van der Waals surface area contributed by atoms with Gasteiger partial charge >= 0.3 is 0 Å². The molecule has 1 heterocycles. The number of rotatable bonds is 8. The summed E-state index contributed by atoms with van der Waals surface area (Å²) in [6.07, 6.45) is 2.56. The van der Waals surface area contributed by atoms with Crippen molar-refractivity contribution in [3.63, 3.8) is 0 Å². The highest BCUT2D eigenvalue weighted by Gasteiger charge is 2.11. The minimum atomic E-state index is -0.109. The van der Waals surface area contributed by atoms with Crippen molar-refractivity contribution in [2.45, 2.75) is 19.9 Å². The van der Waals surface area contributed by atoms with Crippen molar-refractivity contribution in [2.75, 3.05) is 20.3 Å². The molecule has 0 saturated carbocycles. The number of hydrogen-bond donors (Lipinski definition) is 0. The zero-order valence-electron chi connectivity index (χ0n) is 13.0. The van der Waals surface area contributed by atoms with Crippen LogP contribution in [0.5, 0.6) is 11.5 Å². The number of carbonyl (C=O) groups excluding carboxylic acids is 1. The first-order valence-electron chi connectivity index (χ1n) is 7.31. The van der Waals surface area contributed by atoms with E-state index in [-0.39, 0.29) is 12.5 Å². The third-order valence-corrected chi connectivity index (χ3v) is 3.06. The average Bonchev–Trinajstić information content (AvgIpc) is 3.04. The second kappa shape index (κ2) is 8.12. The summed E-state index contributed by atoms with van der Waals surface area (Å²) in [6.45, 7) is 3.17. The van der Waals surface area contributed by atoms with Crippen LogP contribution in [0.2, 0.25) is 0 Å². The highest BCUT2D eigenvalue weighted by molar-refractivity contribution is 5.77. The van der Waals surface area contributed by atoms with Crippen LogP contribution in [0.15, 0.2) is 47.1 Å². The number of amides is 1. The van der Waals surface area contributed by atoms with E-state index in [4.69, 9.17) is 13.9 Å². The topological polar surface area (TPSA) is 51.9 Å². The fourth-order valence-electron chi connectivity index (χ4n) is 1.83. The maximum atomic E-state index is 12.0. The summed E-state index contributed by atoms with van der Waals surface area (Å²) in [5.41, 5.74) is 0. The Morgan fingerprint density at radius 3 is 2.41 bits per heavy atom. The second-order valence-electron chi connectivity index (χ2n) is 4.94. The molecular formula is C17H21NO4. The zero-order valence-corrected chi connectivity index (χ0v) is 13.0. The molecule has 0 aliphatic rings. The molecule has 1 aromatic carbocycles. The van der Waals surface area contributed by atoms with Crippen molar-refractivity contribution in [1.29, 1.82) is 0 Å². The maximum absolute atomic E-state index is 12.0. The van der Waals surface area contributed by atoms with Gasteiger partial charge in [-0.05, 0) is 42.8 Å². The van der Waals surface area contributed by atoms with Crippen LogP contribution in [0.1, 0.15) is 19.1 Å². The van der Waals surface area contributed by atoms with Crippen molar-refractivity contribution < 1.29 is 18.7 Å². The second-order valence-corrected chi connectivity index (χ2v) is 4.94. The Morgan fingerprint density at radius 1 is 1.14 bits per heavy atom. The monoisotopic (exact) mass is 303 g/mol. The SMILES string of the molecule is CCCOc1ccc(OCC(=O)N(C)Cc2ccco2)cc1. The van der Waals surface area contributed by atoms with Gasteiger partial charge in [-0.3, -0.25) is 4.79 Å². The lowest BCUT2D eigenvalue weighted by atomic mass is 10.3. The Bertz CT molecular complexity index is 563. The number of furan rings is 1. The smallest absolute Gasteiger partial charge is 0.260 e. The van der Waals surface area contributed by atoms with Gasteiger partial charge in [-0.1, -0.05) is 6.92 Å². The maximum Gasteiger partial charge on any atom is 0.260 e. The summed E-state index contributed by atoms with van der Waals surface area (Å²) in [5.74, 6) is 2.08. The summed E-state index contributed by atoms with van der Waals surface area (Å²) in [6, 6.07) is 10.9. The molecule has 0 unspecified atom stereocenters. The van der Waals surface area contributed by atoms with Crippen molar-refractivity contribution in [2.24, 2.45) is 0 Å². The molecule has 5 nitrogen and oxygen atoms in total. The fourth-order valence-corrected chi connectivity index (χ4v) is 1.83. The van der Waals surface area contributed by atoms with Crippen LogP contribution in [-0.2, 0) is 11.3 Å². The van der Waals surface area contributed by atoms with Crippen LogP contribution in [0, 0.1) is 0 Å². The van der Waals surface area contributed by atoms with Gasteiger partial charge in [-0.2, -0.15) is 0 Å². The molecule has 5 heteroatoms. The number of hydrogen-bond acceptors (Lipinski definition) is 4. The van der Waals surface area contributed by atoms with E-state index in [1.807, 2.05) is 18.2 Å². The first-order chi connectivity index (χ1) is 10.7. The number of carbonyl (C=O) groups is 1. The molecule has 1 amide bonds. The summed E-state index contributed by atoms with van der Waals surface area (Å²) < 4.78 is 16.2. The van der Waals surface area contributed by atoms with E-state index < -0.39 is 0 Å². The molecule has 1 aromatic heterocycles. The molecule has 0 saturated heterocycles. The Hall–Kier alpha value is -2.43. The van der Waals surface area contributed by atoms with Crippen LogP contribution in [0.25, 0.3) is 0 Å². The first-order valence-corrected chi connectivity index (χ1v) is 7.31. The van der Waals surface area contributed by atoms with Gasteiger partial charge in [0.05, 0.1) is 19.4 Å². The highest BCUT2D eigenvalue weighted by Crippen LogP contribution is 2.17. The molecule has 0 bridgehead atoms. The molecule has 0 spiro atoms. The van der Waals surface area contributed by atoms with E-state index in [1.54, 1.807) is 36.4 Å². The summed E-state index contributed by atoms with van der Waals surface area (Å²) in [5, 5.41) is 0. The van der Waals surface area contributed by atoms with Gasteiger partial charge in [-0.15, -0.1) is 0 Å². The Balaban J connectivity index is 1.77. The Labute approximate surface area is 130 Å². The minimum Gasteiger partial charge on any atom is -0.494 e. The molecule has 2 aromatic rings. The zero-order chi connectivity index (χ0) is 15.8. The fraction of sp³-hybridized carbons (Fsp3) is 0.353. The van der Waals surface area contributed by atoms with Crippen LogP contribution in [0.3, 0.4) is 0 Å². The number of nitrogens with zero attached hydrogens (tertiary/aromatic N) is 1. The normalized spacial score (nSPS) is 10.3. The molecule has 0 atom stereocenters. The number of likely N-dealkylation sites (N-methyl/N-ethyl adjacent to an activating group) is 1. The van der Waals surface area contributed by atoms with Gasteiger partial charge < -0.3 is 18.8 Å². The first kappa shape index (κ1) is 15.9. The van der Waals surface area contributed by atoms with E-state index in [0.29, 0.717) is 18.9 Å². The quantitative estimate of drug-likeness (QED) is 0.752. The molecule has 0 aliphatic carbocycles. The van der Waals surface area contributed by atoms with Gasteiger partial charge in [0.1, 0.15) is 17.3 Å². The molecule has 0 fully saturated rings. The lowest BCUT2D eigenvalue weighted by Gasteiger charge is -2.16. The van der Waals surface area contributed by atoms with E-state index in [1.165, 1.54) is 0 Å². The van der Waals surface area contributed by atoms with Crippen LogP contribution < -0.4 is 9.47 Å². The Kier molecular flexibility index (Phi) is 5.89. The van der Waals surface area contributed by atoms with Crippen molar-refractivity contribution in [3.05, 3.63) is 48.4 Å². The van der Waals surface area contributed by atoms with Crippen molar-refractivity contribution in [1.82, 2.24) is 4.90 Å². The standard InChI is InChI=1S/C17H21NO4/c1-3-10-20-14-6-8-15(9-7-14)22-13-17(19)18(2)12-16-5-4-11-21-16/h4-9,11H,3,10,12-13H2,1-2H3. The molecule has 22 heavy (non-hydrogen) atoms. The van der Waals surface area contributed by atoms with Crippen molar-refractivity contribution in [3.8, 4) is 11.5 Å². The van der Waals surface area contributed by atoms with Gasteiger partial charge in [0.25, 0.3) is 5.91 Å². The lowest BCUT2D eigenvalue weighted by Crippen LogP contribution is -2.30. The van der Waals surface area contributed by atoms with E-state index in [9.17, 15) is 4.79 Å². The van der Waals surface area contributed by atoms with Crippen molar-refractivity contribution >= 4 is 5.91 Å². The molecule has 0 radical (unpaired) electrons. The highest BCUT2D eigenvalue weighted by atomic mass is 16.5. The summed E-state index contributed by atoms with van der Waals surface area (Å²) in [7, 11) is 1.72. The molecule has 0 aliphatic heterocycles. The third kappa shape index (κ3) is 4.84. The minimum absolute atomic E-state index is 0.00757. The summed E-state index contributed by atoms with van der Waals surface area (Å²) >= 11 is 0. The number of benzene rings is 1. The van der Waals surface area contributed by atoms with Gasteiger partial charge in [0, 0.05) is 7.05 Å². The predicted molar refractivity (Wildman–Crippen MR) is 82.9 cm³/mol. The molecule has 118 valence electrons. The summed E-state index contributed by atoms with van der Waals surface area (Å²) in [4.78, 5) is 13.6. The molecule has 0 N–H and O–H groups in total. The van der Waals surface area contributed by atoms with Gasteiger partial charge in [-0.25, -0.2) is 0 Å². The van der Waals surface area contributed by atoms with E-state index >= 15 is 0 Å². The average molecular weight is 303 g/mol. The number of ether oxygens (including phenoxy) is 2. The van der Waals surface area contributed by atoms with E-state index in [0.717, 1.165) is 17.9 Å². The Morgan fingerprint density at radius 2 is 1.82 bits per heavy atom.